The Labute approximate surface area is 428 Å². The van der Waals surface area contributed by atoms with Crippen LogP contribution in [0.5, 0.6) is 5.75 Å². The molecule has 5 aliphatic rings. The number of carbonyl (C=O) groups is 4. The van der Waals surface area contributed by atoms with Crippen LogP contribution in [0.25, 0.3) is 44.7 Å². The van der Waals surface area contributed by atoms with Gasteiger partial charge in [-0.3, -0.25) is 14.2 Å². The number of carbonyl (C=O) groups excluding carboxylic acids is 4. The number of methoxy groups -OCH3 is 2. The summed E-state index contributed by atoms with van der Waals surface area (Å²) < 4.78 is 35.9. The summed E-state index contributed by atoms with van der Waals surface area (Å²) in [7, 11) is 1.36. The first-order chi connectivity index (χ1) is 35.2. The van der Waals surface area contributed by atoms with Crippen LogP contribution in [0.1, 0.15) is 117 Å². The number of hydrogen-bond acceptors (Lipinski definition) is 11. The van der Waals surface area contributed by atoms with E-state index < -0.39 is 46.3 Å². The molecule has 4 aromatic heterocycles. The van der Waals surface area contributed by atoms with Crippen LogP contribution < -0.4 is 15.4 Å². The van der Waals surface area contributed by atoms with E-state index in [0.29, 0.717) is 58.3 Å². The van der Waals surface area contributed by atoms with E-state index in [-0.39, 0.29) is 35.7 Å². The van der Waals surface area contributed by atoms with Gasteiger partial charge >= 0.3 is 12.2 Å². The van der Waals surface area contributed by atoms with E-state index in [0.717, 1.165) is 95.6 Å². The Bertz CT molecular complexity index is 3100. The molecular weight excluding hydrogens is 972 g/mol. The lowest BCUT2D eigenvalue weighted by Crippen LogP contribution is -2.52. The third kappa shape index (κ3) is 9.33. The fourth-order valence-electron chi connectivity index (χ4n) is 11.4. The second-order valence-electron chi connectivity index (χ2n) is 21.2. The molecular formula is C53H63FN10O7S2. The summed E-state index contributed by atoms with van der Waals surface area (Å²) in [5.41, 5.74) is 4.64. The highest BCUT2D eigenvalue weighted by Crippen LogP contribution is 2.54. The minimum atomic E-state index is -1.23. The zero-order valence-electron chi connectivity index (χ0n) is 42.0. The first-order valence-corrected chi connectivity index (χ1v) is 29.0. The molecule has 4 amide bonds. The molecule has 2 saturated heterocycles. The van der Waals surface area contributed by atoms with Crippen molar-refractivity contribution in [3.8, 4) is 39.5 Å². The molecule has 0 bridgehead atoms. The number of fused-ring (bicyclic) bond motifs is 5. The van der Waals surface area contributed by atoms with Gasteiger partial charge in [0.1, 0.15) is 35.3 Å². The van der Waals surface area contributed by atoms with Crippen molar-refractivity contribution in [3.63, 3.8) is 0 Å². The number of halogens is 1. The van der Waals surface area contributed by atoms with Gasteiger partial charge in [-0.15, -0.1) is 11.3 Å². The summed E-state index contributed by atoms with van der Waals surface area (Å²) in [4.78, 5) is 79.2. The molecule has 20 heteroatoms. The zero-order valence-corrected chi connectivity index (χ0v) is 43.7. The van der Waals surface area contributed by atoms with E-state index in [4.69, 9.17) is 29.2 Å². The standard InChI is InChI=1S/C53H63FN10O7S2/c1-28(2)44(60-52(67)69-3)49(65)62-18-10-13-38(62)46-55-23-35(58-46)31-16-17-37-33(19-31)21-39-43-34(54)20-32(22-41(43)71-51(64(37)39)42-25-57-48(72-42)30-14-15-30)36-24-56-47(59-36)40-26-73(5,6)27-63(40)50(66)45(61-53(68)70-4)29-11-8-7-9-12-29/h16-17,19-25,28-30,38,40,44-45,51H,7-15,18,26-27H2,1-6H3,(H,55,58)(H,56,59)(H,60,67)(H,61,68)/t38-,40-,44?,45-,51-/m0/s1. The van der Waals surface area contributed by atoms with Crippen LogP contribution in [-0.4, -0.2) is 120 Å². The predicted octanol–water partition coefficient (Wildman–Crippen LogP) is 9.75. The lowest BCUT2D eigenvalue weighted by molar-refractivity contribution is -0.136. The number of aromatic nitrogens is 6. The quantitative estimate of drug-likeness (QED) is 0.0914. The molecule has 4 N–H and O–H groups in total. The lowest BCUT2D eigenvalue weighted by atomic mass is 9.83. The van der Waals surface area contributed by atoms with Crippen LogP contribution in [0, 0.1) is 17.7 Å². The summed E-state index contributed by atoms with van der Waals surface area (Å²) in [5, 5.41) is 7.55. The Morgan fingerprint density at radius 2 is 1.52 bits per heavy atom. The number of H-pyrrole nitrogens is 2. The molecule has 73 heavy (non-hydrogen) atoms. The number of imidazole rings is 2. The maximum atomic E-state index is 17.1. The number of nitrogens with zero attached hydrogens (tertiary/aromatic N) is 6. The average molecular weight is 1040 g/mol. The van der Waals surface area contributed by atoms with Crippen molar-refractivity contribution in [1.82, 2.24) is 49.9 Å². The van der Waals surface area contributed by atoms with Crippen molar-refractivity contribution in [1.29, 1.82) is 0 Å². The van der Waals surface area contributed by atoms with Gasteiger partial charge in [-0.2, -0.15) is 0 Å². The Morgan fingerprint density at radius 1 is 0.808 bits per heavy atom. The third-order valence-corrected chi connectivity index (χ3v) is 18.7. The molecule has 7 heterocycles. The smallest absolute Gasteiger partial charge is 0.407 e. The van der Waals surface area contributed by atoms with Gasteiger partial charge in [-0.25, -0.2) is 39.0 Å². The molecule has 3 aliphatic heterocycles. The van der Waals surface area contributed by atoms with E-state index in [1.165, 1.54) is 20.3 Å². The SMILES string of the molecule is COC(=O)NC(C(=O)N1CCC[C@H]1c1ncc(-c2ccc3c(c2)cc2n3[C@H](c3cnc(C4CC4)s3)Oc3cc(-c4cnc([C@@H]5CS(C)(C)CN5C(=O)[C@@H](NC(=O)OC)C5CCCCC5)[nH]4)cc(F)c3-2)[nH]1)C(C)C. The largest absolute Gasteiger partial charge is 0.464 e. The fourth-order valence-corrected chi connectivity index (χ4v) is 14.9. The predicted molar refractivity (Wildman–Crippen MR) is 278 cm³/mol. The van der Waals surface area contributed by atoms with Crippen molar-refractivity contribution in [3.05, 3.63) is 82.3 Å². The van der Waals surface area contributed by atoms with E-state index in [1.807, 2.05) is 49.2 Å². The molecule has 17 nitrogen and oxygen atoms in total. The molecule has 5 atom stereocenters. The highest BCUT2D eigenvalue weighted by atomic mass is 32.3. The number of nitrogens with one attached hydrogen (secondary N) is 4. The molecule has 2 saturated carbocycles. The number of likely N-dealkylation sites (tertiary alicyclic amines) is 1. The van der Waals surface area contributed by atoms with Crippen LogP contribution >= 0.6 is 21.4 Å². The highest BCUT2D eigenvalue weighted by Gasteiger charge is 2.45. The van der Waals surface area contributed by atoms with Crippen LogP contribution in [0.3, 0.4) is 0 Å². The zero-order chi connectivity index (χ0) is 50.9. The van der Waals surface area contributed by atoms with Crippen LogP contribution in [0.15, 0.2) is 55.0 Å². The number of thiazole rings is 1. The summed E-state index contributed by atoms with van der Waals surface area (Å²) in [6.07, 6.45) is 16.5. The average Bonchev–Trinajstić information content (AvgIpc) is 4.07. The number of rotatable bonds is 12. The Kier molecular flexibility index (Phi) is 13.0. The molecule has 2 aliphatic carbocycles. The molecule has 0 radical (unpaired) electrons. The van der Waals surface area contributed by atoms with Gasteiger partial charge in [0, 0.05) is 40.9 Å². The number of benzene rings is 2. The number of hydrogen-bond donors (Lipinski definition) is 4. The van der Waals surface area contributed by atoms with Gasteiger partial charge in [-0.1, -0.05) is 39.2 Å². The van der Waals surface area contributed by atoms with Gasteiger partial charge < -0.3 is 44.6 Å². The number of ether oxygens (including phenoxy) is 3. The Morgan fingerprint density at radius 3 is 2.23 bits per heavy atom. The topological polar surface area (TPSA) is 202 Å². The lowest BCUT2D eigenvalue weighted by Gasteiger charge is -2.34. The molecule has 1 unspecified atom stereocenters. The molecule has 6 aromatic rings. The van der Waals surface area contributed by atoms with E-state index in [2.05, 4.69) is 43.7 Å². The van der Waals surface area contributed by atoms with Crippen molar-refractivity contribution in [2.75, 3.05) is 44.9 Å². The summed E-state index contributed by atoms with van der Waals surface area (Å²) >= 11 is 1.63. The Hall–Kier alpha value is -6.41. The number of alkyl carbamates (subject to hydrolysis) is 2. The highest BCUT2D eigenvalue weighted by molar-refractivity contribution is 8.32. The summed E-state index contributed by atoms with van der Waals surface area (Å²) in [6.45, 7) is 4.33. The first kappa shape index (κ1) is 48.8. The molecule has 0 spiro atoms. The van der Waals surface area contributed by atoms with Crippen molar-refractivity contribution < 1.29 is 37.8 Å². The van der Waals surface area contributed by atoms with Crippen LogP contribution in [-0.2, 0) is 19.1 Å². The normalized spacial score (nSPS) is 21.8. The van der Waals surface area contributed by atoms with Crippen LogP contribution in [0.4, 0.5) is 14.0 Å². The maximum absolute atomic E-state index is 17.1. The minimum Gasteiger partial charge on any atom is -0.464 e. The Balaban J connectivity index is 0.907. The second kappa shape index (κ2) is 19.5. The molecule has 386 valence electrons. The number of aromatic amines is 2. The van der Waals surface area contributed by atoms with Crippen molar-refractivity contribution >= 4 is 56.3 Å². The first-order valence-electron chi connectivity index (χ1n) is 25.4. The second-order valence-corrected chi connectivity index (χ2v) is 26.4. The molecule has 11 rings (SSSR count). The van der Waals surface area contributed by atoms with Crippen molar-refractivity contribution in [2.24, 2.45) is 11.8 Å². The fraction of sp³-hybridized carbons (Fsp3) is 0.491. The number of amides is 4. The van der Waals surface area contributed by atoms with E-state index in [9.17, 15) is 19.2 Å². The van der Waals surface area contributed by atoms with E-state index in [1.54, 1.807) is 28.6 Å². The van der Waals surface area contributed by atoms with Gasteiger partial charge in [-0.05, 0) is 93.2 Å². The minimum absolute atomic E-state index is 0.0151. The molecule has 4 fully saturated rings. The summed E-state index contributed by atoms with van der Waals surface area (Å²) in [5.74, 6) is 2.49. The van der Waals surface area contributed by atoms with Gasteiger partial charge in [0.2, 0.25) is 18.0 Å². The van der Waals surface area contributed by atoms with Gasteiger partial charge in [0.25, 0.3) is 0 Å². The molecule has 2 aromatic carbocycles. The monoisotopic (exact) mass is 1030 g/mol. The summed E-state index contributed by atoms with van der Waals surface area (Å²) in [6, 6.07) is 9.38. The van der Waals surface area contributed by atoms with E-state index >= 15 is 4.39 Å². The van der Waals surface area contributed by atoms with Crippen LogP contribution in [0.2, 0.25) is 0 Å². The third-order valence-electron chi connectivity index (χ3n) is 15.3. The van der Waals surface area contributed by atoms with Crippen molar-refractivity contribution in [2.45, 2.75) is 108 Å². The maximum Gasteiger partial charge on any atom is 0.407 e. The van der Waals surface area contributed by atoms with Gasteiger partial charge in [0.15, 0.2) is 0 Å². The van der Waals surface area contributed by atoms with Gasteiger partial charge in [0.05, 0.1) is 82.6 Å².